The van der Waals surface area contributed by atoms with Crippen LogP contribution in [0, 0.1) is 17.3 Å². The van der Waals surface area contributed by atoms with E-state index in [-0.39, 0.29) is 17.2 Å². The maximum atomic E-state index is 12.4. The van der Waals surface area contributed by atoms with Crippen LogP contribution >= 0.6 is 0 Å². The molecule has 4 amide bonds. The first kappa shape index (κ1) is 17.7. The van der Waals surface area contributed by atoms with Gasteiger partial charge in [0.15, 0.2) is 0 Å². The van der Waals surface area contributed by atoms with Crippen LogP contribution in [0.3, 0.4) is 0 Å². The van der Waals surface area contributed by atoms with Crippen molar-refractivity contribution in [1.82, 2.24) is 10.2 Å². The average molecular weight is 296 g/mol. The monoisotopic (exact) mass is 296 g/mol. The molecule has 120 valence electrons. The van der Waals surface area contributed by atoms with Crippen LogP contribution in [-0.4, -0.2) is 29.3 Å². The van der Waals surface area contributed by atoms with E-state index in [1.807, 2.05) is 13.8 Å². The Morgan fingerprint density at radius 3 is 2.33 bits per heavy atom. The molecule has 1 rings (SSSR count). The van der Waals surface area contributed by atoms with Crippen molar-refractivity contribution in [3.8, 4) is 0 Å². The fourth-order valence-corrected chi connectivity index (χ4v) is 2.73. The number of rotatable bonds is 7. The Labute approximate surface area is 127 Å². The second-order valence-corrected chi connectivity index (χ2v) is 7.06. The zero-order chi connectivity index (χ0) is 16.2. The van der Waals surface area contributed by atoms with E-state index in [1.165, 1.54) is 4.90 Å². The molecular formula is C16H28N2O3. The number of hydrogen-bond donors (Lipinski definition) is 1. The molecule has 0 aromatic rings. The van der Waals surface area contributed by atoms with Gasteiger partial charge < -0.3 is 0 Å². The standard InChI is InChI=1S/C16H28N2O3/c1-6-7-8-9-16(4,5)10-18-14(20)12(11(2)3)13(19)17-15(18)21/h11-12H,6-10H2,1-5H3,(H,17,19,21). The smallest absolute Gasteiger partial charge is 0.277 e. The van der Waals surface area contributed by atoms with Gasteiger partial charge in [-0.25, -0.2) is 4.79 Å². The molecular weight excluding hydrogens is 268 g/mol. The third-order valence-corrected chi connectivity index (χ3v) is 4.00. The van der Waals surface area contributed by atoms with Gasteiger partial charge in [0.1, 0.15) is 5.92 Å². The number of carbonyl (C=O) groups is 3. The highest BCUT2D eigenvalue weighted by Crippen LogP contribution is 2.28. The van der Waals surface area contributed by atoms with Gasteiger partial charge in [-0.05, 0) is 17.8 Å². The lowest BCUT2D eigenvalue weighted by Crippen LogP contribution is -2.60. The maximum absolute atomic E-state index is 12.4. The van der Waals surface area contributed by atoms with Crippen molar-refractivity contribution in [3.63, 3.8) is 0 Å². The topological polar surface area (TPSA) is 66.5 Å². The first-order valence-electron chi connectivity index (χ1n) is 7.86. The quantitative estimate of drug-likeness (QED) is 0.580. The third-order valence-electron chi connectivity index (χ3n) is 4.00. The average Bonchev–Trinajstić information content (AvgIpc) is 2.34. The Morgan fingerprint density at radius 2 is 1.81 bits per heavy atom. The Bertz CT molecular complexity index is 416. The van der Waals surface area contributed by atoms with Gasteiger partial charge in [0.05, 0.1) is 0 Å². The van der Waals surface area contributed by atoms with Crippen LogP contribution in [0.4, 0.5) is 4.79 Å². The van der Waals surface area contributed by atoms with E-state index in [0.29, 0.717) is 6.54 Å². The third kappa shape index (κ3) is 4.55. The molecule has 1 unspecified atom stereocenters. The summed E-state index contributed by atoms with van der Waals surface area (Å²) in [6.07, 6.45) is 4.33. The molecule has 5 nitrogen and oxygen atoms in total. The van der Waals surface area contributed by atoms with Crippen LogP contribution in [0.25, 0.3) is 0 Å². The number of nitrogens with zero attached hydrogens (tertiary/aromatic N) is 1. The zero-order valence-electron chi connectivity index (χ0n) is 13.9. The number of nitrogens with one attached hydrogen (secondary N) is 1. The molecule has 0 spiro atoms. The summed E-state index contributed by atoms with van der Waals surface area (Å²) < 4.78 is 0. The molecule has 0 saturated carbocycles. The van der Waals surface area contributed by atoms with Gasteiger partial charge in [0.2, 0.25) is 11.8 Å². The summed E-state index contributed by atoms with van der Waals surface area (Å²) >= 11 is 0. The summed E-state index contributed by atoms with van der Waals surface area (Å²) in [5, 5.41) is 2.31. The van der Waals surface area contributed by atoms with E-state index in [1.54, 1.807) is 0 Å². The van der Waals surface area contributed by atoms with Gasteiger partial charge in [-0.3, -0.25) is 19.8 Å². The number of unbranched alkanes of at least 4 members (excludes halogenated alkanes) is 2. The summed E-state index contributed by atoms with van der Waals surface area (Å²) in [6, 6.07) is -0.578. The highest BCUT2D eigenvalue weighted by Gasteiger charge is 2.43. The minimum atomic E-state index is -0.755. The van der Waals surface area contributed by atoms with Crippen LogP contribution in [0.1, 0.15) is 60.3 Å². The summed E-state index contributed by atoms with van der Waals surface area (Å²) in [4.78, 5) is 37.4. The van der Waals surface area contributed by atoms with Crippen LogP contribution < -0.4 is 5.32 Å². The molecule has 0 aliphatic carbocycles. The van der Waals surface area contributed by atoms with Crippen molar-refractivity contribution >= 4 is 17.8 Å². The number of imide groups is 2. The van der Waals surface area contributed by atoms with Crippen molar-refractivity contribution in [1.29, 1.82) is 0 Å². The number of hydrogen-bond acceptors (Lipinski definition) is 3. The Kier molecular flexibility index (Phi) is 5.93. The number of urea groups is 1. The summed E-state index contributed by atoms with van der Waals surface area (Å²) in [5.41, 5.74) is -0.135. The van der Waals surface area contributed by atoms with Crippen LogP contribution in [0.15, 0.2) is 0 Å². The van der Waals surface area contributed by atoms with E-state index in [4.69, 9.17) is 0 Å². The van der Waals surface area contributed by atoms with E-state index in [0.717, 1.165) is 25.7 Å². The predicted molar refractivity (Wildman–Crippen MR) is 81.5 cm³/mol. The largest absolute Gasteiger partial charge is 0.330 e. The second-order valence-electron chi connectivity index (χ2n) is 7.06. The SMILES string of the molecule is CCCCCC(C)(C)CN1C(=O)NC(=O)C(C(C)C)C1=O. The first-order valence-corrected chi connectivity index (χ1v) is 7.86. The van der Waals surface area contributed by atoms with Crippen molar-refractivity contribution < 1.29 is 14.4 Å². The van der Waals surface area contributed by atoms with E-state index in [2.05, 4.69) is 26.1 Å². The lowest BCUT2D eigenvalue weighted by molar-refractivity contribution is -0.145. The zero-order valence-corrected chi connectivity index (χ0v) is 13.9. The molecule has 1 fully saturated rings. The minimum absolute atomic E-state index is 0.115. The molecule has 1 aliphatic rings. The summed E-state index contributed by atoms with van der Waals surface area (Å²) in [5.74, 6) is -1.70. The van der Waals surface area contributed by atoms with E-state index in [9.17, 15) is 14.4 Å². The highest BCUT2D eigenvalue weighted by atomic mass is 16.2. The van der Waals surface area contributed by atoms with Gasteiger partial charge in [-0.15, -0.1) is 0 Å². The first-order chi connectivity index (χ1) is 9.69. The summed E-state index contributed by atoms with van der Waals surface area (Å²) in [6.45, 7) is 10.3. The Balaban J connectivity index is 2.78. The van der Waals surface area contributed by atoms with Crippen molar-refractivity contribution in [2.75, 3.05) is 6.54 Å². The van der Waals surface area contributed by atoms with Gasteiger partial charge in [0.25, 0.3) is 0 Å². The van der Waals surface area contributed by atoms with Crippen molar-refractivity contribution in [2.45, 2.75) is 60.3 Å². The lowest BCUT2D eigenvalue weighted by atomic mass is 9.85. The fourth-order valence-electron chi connectivity index (χ4n) is 2.73. The summed E-state index contributed by atoms with van der Waals surface area (Å²) in [7, 11) is 0. The minimum Gasteiger partial charge on any atom is -0.277 e. The molecule has 1 N–H and O–H groups in total. The van der Waals surface area contributed by atoms with Gasteiger partial charge in [-0.1, -0.05) is 53.9 Å². The normalized spacial score (nSPS) is 20.2. The molecule has 0 aromatic heterocycles. The number of amides is 4. The van der Waals surface area contributed by atoms with Gasteiger partial charge >= 0.3 is 6.03 Å². The van der Waals surface area contributed by atoms with Crippen molar-refractivity contribution in [2.24, 2.45) is 17.3 Å². The fraction of sp³-hybridized carbons (Fsp3) is 0.812. The maximum Gasteiger partial charge on any atom is 0.330 e. The highest BCUT2D eigenvalue weighted by molar-refractivity contribution is 6.16. The number of carbonyl (C=O) groups excluding carboxylic acids is 3. The molecule has 21 heavy (non-hydrogen) atoms. The molecule has 5 heteroatoms. The van der Waals surface area contributed by atoms with Gasteiger partial charge in [0, 0.05) is 6.54 Å². The van der Waals surface area contributed by atoms with Gasteiger partial charge in [-0.2, -0.15) is 0 Å². The second kappa shape index (κ2) is 7.05. The molecule has 1 atom stereocenters. The Morgan fingerprint density at radius 1 is 1.19 bits per heavy atom. The molecule has 0 radical (unpaired) electrons. The van der Waals surface area contributed by atoms with E-state index < -0.39 is 17.9 Å². The molecule has 1 aliphatic heterocycles. The predicted octanol–water partition coefficient (Wildman–Crippen LogP) is 2.94. The van der Waals surface area contributed by atoms with Crippen molar-refractivity contribution in [3.05, 3.63) is 0 Å². The molecule has 1 saturated heterocycles. The van der Waals surface area contributed by atoms with Crippen LogP contribution in [0.5, 0.6) is 0 Å². The lowest BCUT2D eigenvalue weighted by Gasteiger charge is -2.37. The van der Waals surface area contributed by atoms with Crippen LogP contribution in [-0.2, 0) is 9.59 Å². The molecule has 0 aromatic carbocycles. The molecule has 0 bridgehead atoms. The Hall–Kier alpha value is -1.39. The van der Waals surface area contributed by atoms with Crippen LogP contribution in [0.2, 0.25) is 0 Å². The van der Waals surface area contributed by atoms with E-state index >= 15 is 0 Å². The number of barbiturate groups is 1. The molecule has 1 heterocycles.